The highest BCUT2D eigenvalue weighted by atomic mass is 127. The second-order valence-corrected chi connectivity index (χ2v) is 6.58. The Labute approximate surface area is 127 Å². The number of rotatable bonds is 3. The standard InChI is InChI=1S/C15H17IN2O/c1-10-14(9-17-11(2)18-10)19-15(6-7-15)12-4-3-5-13(16)8-12/h3,5,8-9,12H,4,6-7H2,1-2H3. The first-order valence-corrected chi connectivity index (χ1v) is 7.70. The van der Waals surface area contributed by atoms with Crippen LogP contribution in [0.3, 0.4) is 0 Å². The number of aryl methyl sites for hydroxylation is 2. The largest absolute Gasteiger partial charge is 0.483 e. The zero-order chi connectivity index (χ0) is 13.5. The van der Waals surface area contributed by atoms with Crippen LogP contribution in [0.15, 0.2) is 28.0 Å². The van der Waals surface area contributed by atoms with E-state index in [1.165, 1.54) is 3.58 Å². The van der Waals surface area contributed by atoms with Gasteiger partial charge in [-0.2, -0.15) is 0 Å². The van der Waals surface area contributed by atoms with Gasteiger partial charge in [-0.1, -0.05) is 18.2 Å². The molecular weight excluding hydrogens is 351 g/mol. The lowest BCUT2D eigenvalue weighted by atomic mass is 9.92. The molecule has 1 aromatic heterocycles. The molecule has 3 nitrogen and oxygen atoms in total. The van der Waals surface area contributed by atoms with Gasteiger partial charge >= 0.3 is 0 Å². The maximum absolute atomic E-state index is 6.28. The Kier molecular flexibility index (Phi) is 3.37. The molecule has 100 valence electrons. The molecule has 0 spiro atoms. The van der Waals surface area contributed by atoms with Gasteiger partial charge in [0.2, 0.25) is 0 Å². The molecule has 0 N–H and O–H groups in total. The van der Waals surface area contributed by atoms with E-state index in [-0.39, 0.29) is 5.60 Å². The number of nitrogens with zero attached hydrogens (tertiary/aromatic N) is 2. The molecule has 19 heavy (non-hydrogen) atoms. The minimum absolute atomic E-state index is 0.0233. The molecule has 2 aliphatic rings. The second-order valence-electron chi connectivity index (χ2n) is 5.33. The molecule has 0 radical (unpaired) electrons. The molecule has 1 atom stereocenters. The van der Waals surface area contributed by atoms with Gasteiger partial charge in [-0.25, -0.2) is 9.97 Å². The molecule has 1 saturated carbocycles. The van der Waals surface area contributed by atoms with Gasteiger partial charge in [0.25, 0.3) is 0 Å². The molecule has 2 aliphatic carbocycles. The van der Waals surface area contributed by atoms with Crippen LogP contribution >= 0.6 is 22.6 Å². The van der Waals surface area contributed by atoms with Crippen molar-refractivity contribution in [3.8, 4) is 5.75 Å². The normalized spacial score (nSPS) is 23.9. The average molecular weight is 368 g/mol. The summed E-state index contributed by atoms with van der Waals surface area (Å²) < 4.78 is 7.59. The summed E-state index contributed by atoms with van der Waals surface area (Å²) in [6.45, 7) is 3.89. The number of halogens is 1. The fourth-order valence-corrected chi connectivity index (χ4v) is 3.26. The van der Waals surface area contributed by atoms with Gasteiger partial charge in [-0.05, 0) is 55.7 Å². The van der Waals surface area contributed by atoms with E-state index in [0.717, 1.165) is 36.5 Å². The van der Waals surface area contributed by atoms with E-state index in [0.29, 0.717) is 5.92 Å². The highest BCUT2D eigenvalue weighted by Crippen LogP contribution is 2.50. The predicted octanol–water partition coefficient (Wildman–Crippen LogP) is 3.90. The maximum atomic E-state index is 6.28. The van der Waals surface area contributed by atoms with Crippen LogP contribution in [0.25, 0.3) is 0 Å². The van der Waals surface area contributed by atoms with E-state index in [1.807, 2.05) is 20.0 Å². The summed E-state index contributed by atoms with van der Waals surface area (Å²) in [5.74, 6) is 2.11. The van der Waals surface area contributed by atoms with Crippen LogP contribution in [-0.4, -0.2) is 15.6 Å². The van der Waals surface area contributed by atoms with Crippen LogP contribution in [0.1, 0.15) is 30.8 Å². The first kappa shape index (κ1) is 13.1. The minimum atomic E-state index is -0.0233. The van der Waals surface area contributed by atoms with Gasteiger partial charge in [0.15, 0.2) is 5.75 Å². The Bertz CT molecular complexity index is 561. The molecule has 4 heteroatoms. The molecule has 1 aromatic rings. The molecule has 1 unspecified atom stereocenters. The van der Waals surface area contributed by atoms with Gasteiger partial charge in [0.1, 0.15) is 11.4 Å². The topological polar surface area (TPSA) is 35.0 Å². The first-order valence-electron chi connectivity index (χ1n) is 6.62. The van der Waals surface area contributed by atoms with Crippen LogP contribution in [-0.2, 0) is 0 Å². The molecule has 1 heterocycles. The quantitative estimate of drug-likeness (QED) is 0.760. The highest BCUT2D eigenvalue weighted by molar-refractivity contribution is 14.1. The summed E-state index contributed by atoms with van der Waals surface area (Å²) in [4.78, 5) is 8.62. The third-order valence-corrected chi connectivity index (χ3v) is 4.53. The first-order chi connectivity index (χ1) is 9.09. The molecule has 0 amide bonds. The molecule has 0 aliphatic heterocycles. The van der Waals surface area contributed by atoms with Gasteiger partial charge in [0, 0.05) is 9.50 Å². The summed E-state index contributed by atoms with van der Waals surface area (Å²) in [5.41, 5.74) is 0.911. The second kappa shape index (κ2) is 4.89. The molecule has 3 rings (SSSR count). The van der Waals surface area contributed by atoms with Gasteiger partial charge in [0.05, 0.1) is 11.9 Å². The van der Waals surface area contributed by atoms with Crippen LogP contribution in [0, 0.1) is 19.8 Å². The van der Waals surface area contributed by atoms with Crippen LogP contribution in [0.4, 0.5) is 0 Å². The van der Waals surface area contributed by atoms with Crippen molar-refractivity contribution in [3.05, 3.63) is 39.5 Å². The summed E-state index contributed by atoms with van der Waals surface area (Å²) in [7, 11) is 0. The SMILES string of the molecule is Cc1ncc(OC2(C3C=C(I)C=CC3)CC2)c(C)n1. The van der Waals surface area contributed by atoms with E-state index in [2.05, 4.69) is 50.8 Å². The van der Waals surface area contributed by atoms with Crippen LogP contribution in [0.2, 0.25) is 0 Å². The van der Waals surface area contributed by atoms with Gasteiger partial charge in [-0.15, -0.1) is 0 Å². The maximum Gasteiger partial charge on any atom is 0.159 e. The van der Waals surface area contributed by atoms with Crippen LogP contribution < -0.4 is 4.74 Å². The molecule has 0 bridgehead atoms. The highest BCUT2D eigenvalue weighted by Gasteiger charge is 2.51. The van der Waals surface area contributed by atoms with Crippen molar-refractivity contribution in [2.75, 3.05) is 0 Å². The summed E-state index contributed by atoms with van der Waals surface area (Å²) in [6.07, 6.45) is 11.9. The molecule has 0 aromatic carbocycles. The zero-order valence-electron chi connectivity index (χ0n) is 11.2. The van der Waals surface area contributed by atoms with E-state index in [9.17, 15) is 0 Å². The zero-order valence-corrected chi connectivity index (χ0v) is 13.3. The van der Waals surface area contributed by atoms with Crippen molar-refractivity contribution < 1.29 is 4.74 Å². The number of ether oxygens (including phenoxy) is 1. The van der Waals surface area contributed by atoms with Gasteiger partial charge < -0.3 is 4.74 Å². The minimum Gasteiger partial charge on any atom is -0.483 e. The van der Waals surface area contributed by atoms with Crippen molar-refractivity contribution in [1.29, 1.82) is 0 Å². The van der Waals surface area contributed by atoms with E-state index in [1.54, 1.807) is 0 Å². The average Bonchev–Trinajstić information content (AvgIpc) is 3.14. The smallest absolute Gasteiger partial charge is 0.159 e. The Balaban J connectivity index is 1.81. The predicted molar refractivity (Wildman–Crippen MR) is 83.4 cm³/mol. The lowest BCUT2D eigenvalue weighted by Gasteiger charge is -2.27. The molecule has 0 saturated heterocycles. The third kappa shape index (κ3) is 2.68. The van der Waals surface area contributed by atoms with E-state index >= 15 is 0 Å². The monoisotopic (exact) mass is 368 g/mol. The third-order valence-electron chi connectivity index (χ3n) is 3.81. The Hall–Kier alpha value is -0.910. The fraction of sp³-hybridized carbons (Fsp3) is 0.467. The summed E-state index contributed by atoms with van der Waals surface area (Å²) >= 11 is 2.38. The van der Waals surface area contributed by atoms with Crippen molar-refractivity contribution in [3.63, 3.8) is 0 Å². The van der Waals surface area contributed by atoms with Crippen molar-refractivity contribution >= 4 is 22.6 Å². The van der Waals surface area contributed by atoms with E-state index < -0.39 is 0 Å². The lowest BCUT2D eigenvalue weighted by Crippen LogP contribution is -2.29. The fourth-order valence-electron chi connectivity index (χ4n) is 2.57. The Morgan fingerprint density at radius 3 is 2.79 bits per heavy atom. The van der Waals surface area contributed by atoms with Crippen molar-refractivity contribution in [1.82, 2.24) is 9.97 Å². The summed E-state index contributed by atoms with van der Waals surface area (Å²) in [6, 6.07) is 0. The number of aromatic nitrogens is 2. The Morgan fingerprint density at radius 2 is 2.16 bits per heavy atom. The molecule has 1 fully saturated rings. The summed E-state index contributed by atoms with van der Waals surface area (Å²) in [5, 5.41) is 0. The number of allylic oxidation sites excluding steroid dienone is 3. The lowest BCUT2D eigenvalue weighted by molar-refractivity contribution is 0.130. The molecular formula is C15H17IN2O. The van der Waals surface area contributed by atoms with Crippen LogP contribution in [0.5, 0.6) is 5.75 Å². The number of hydrogen-bond acceptors (Lipinski definition) is 3. The van der Waals surface area contributed by atoms with Gasteiger partial charge in [-0.3, -0.25) is 0 Å². The van der Waals surface area contributed by atoms with Crippen molar-refractivity contribution in [2.24, 2.45) is 5.92 Å². The van der Waals surface area contributed by atoms with Crippen molar-refractivity contribution in [2.45, 2.75) is 38.7 Å². The Morgan fingerprint density at radius 1 is 1.37 bits per heavy atom. The van der Waals surface area contributed by atoms with E-state index in [4.69, 9.17) is 4.74 Å². The number of hydrogen-bond donors (Lipinski definition) is 0.